The summed E-state index contributed by atoms with van der Waals surface area (Å²) in [5, 5.41) is 20.5. The Morgan fingerprint density at radius 1 is 1.09 bits per heavy atom. The minimum absolute atomic E-state index is 0.0757. The van der Waals surface area contributed by atoms with Gasteiger partial charge in [0, 0.05) is 67.9 Å². The number of pyridine rings is 1. The normalized spacial score (nSPS) is 20.8. The first-order chi connectivity index (χ1) is 21.4. The van der Waals surface area contributed by atoms with Crippen LogP contribution in [0, 0.1) is 16.7 Å². The van der Waals surface area contributed by atoms with Crippen molar-refractivity contribution in [3.63, 3.8) is 0 Å². The van der Waals surface area contributed by atoms with Gasteiger partial charge in [0.15, 0.2) is 5.65 Å². The number of nitrogens with one attached hydrogen (secondary N) is 1. The molecule has 11 heteroatoms. The molecule has 44 heavy (non-hydrogen) atoms. The number of nitriles is 1. The average molecular weight is 583 g/mol. The molecule has 1 saturated heterocycles. The molecule has 3 aliphatic rings. The monoisotopic (exact) mass is 582 g/mol. The van der Waals surface area contributed by atoms with Gasteiger partial charge < -0.3 is 14.8 Å². The Bertz CT molecular complexity index is 2210. The summed E-state index contributed by atoms with van der Waals surface area (Å²) in [7, 11) is 3.81. The molecule has 1 amide bonds. The van der Waals surface area contributed by atoms with Gasteiger partial charge >= 0.3 is 0 Å². The maximum Gasteiger partial charge on any atom is 0.238 e. The number of likely N-dealkylation sites (N-methyl/N-ethyl adjacent to an activating group) is 1. The van der Waals surface area contributed by atoms with E-state index in [1.54, 1.807) is 15.6 Å². The van der Waals surface area contributed by atoms with Crippen molar-refractivity contribution >= 4 is 39.2 Å². The van der Waals surface area contributed by atoms with Crippen LogP contribution < -0.4 is 4.90 Å². The van der Waals surface area contributed by atoms with Crippen LogP contribution in [-0.2, 0) is 17.3 Å². The second kappa shape index (κ2) is 8.74. The topological polar surface area (TPSA) is 124 Å². The van der Waals surface area contributed by atoms with Gasteiger partial charge in [-0.15, -0.1) is 0 Å². The average Bonchev–Trinajstić information content (AvgIpc) is 3.46. The second-order valence-corrected chi connectivity index (χ2v) is 12.8. The number of carbonyl (C=O) groups excluding carboxylic acids is 1. The van der Waals surface area contributed by atoms with E-state index in [4.69, 9.17) is 4.98 Å². The number of hydrogen-bond acceptors (Lipinski definition) is 7. The summed E-state index contributed by atoms with van der Waals surface area (Å²) in [6.07, 6.45) is 12.7. The SMILES string of the molecule is CN1C(=O)C2(CCN(CC3(CC#N)CC3)C2)c2c1cnc1[nH]c(-c3cnn4cccnc34)c(-c3ccc4c(cnn4C)c3)c21. The Morgan fingerprint density at radius 2 is 1.98 bits per heavy atom. The van der Waals surface area contributed by atoms with Crippen molar-refractivity contribution in [2.75, 3.05) is 31.6 Å². The first-order valence-corrected chi connectivity index (χ1v) is 15.0. The maximum atomic E-state index is 14.3. The van der Waals surface area contributed by atoms with Crippen LogP contribution in [0.25, 0.3) is 50.0 Å². The molecule has 2 aliphatic heterocycles. The number of anilines is 1. The number of H-pyrrole nitrogens is 1. The predicted octanol–water partition coefficient (Wildman–Crippen LogP) is 4.44. The van der Waals surface area contributed by atoms with Crippen LogP contribution in [0.15, 0.2) is 55.2 Å². The molecular weight excluding hydrogens is 552 g/mol. The Labute approximate surface area is 252 Å². The first-order valence-electron chi connectivity index (χ1n) is 15.0. The number of aromatic amines is 1. The van der Waals surface area contributed by atoms with Gasteiger partial charge in [0.2, 0.25) is 5.91 Å². The van der Waals surface area contributed by atoms with Crippen LogP contribution in [0.3, 0.4) is 0 Å². The zero-order valence-corrected chi connectivity index (χ0v) is 24.6. The molecule has 1 aromatic carbocycles. The number of hydrogen-bond donors (Lipinski definition) is 1. The number of aromatic nitrogens is 7. The molecule has 1 unspecified atom stereocenters. The smallest absolute Gasteiger partial charge is 0.238 e. The van der Waals surface area contributed by atoms with Crippen LogP contribution in [0.2, 0.25) is 0 Å². The molecule has 0 bridgehead atoms. The van der Waals surface area contributed by atoms with Gasteiger partial charge in [-0.2, -0.15) is 15.5 Å². The van der Waals surface area contributed by atoms with E-state index in [1.807, 2.05) is 49.6 Å². The zero-order valence-electron chi connectivity index (χ0n) is 24.6. The number of nitrogens with zero attached hydrogens (tertiary/aromatic N) is 9. The molecule has 11 nitrogen and oxygen atoms in total. The summed E-state index contributed by atoms with van der Waals surface area (Å²) in [6, 6.07) is 10.6. The van der Waals surface area contributed by atoms with Crippen molar-refractivity contribution in [1.82, 2.24) is 39.2 Å². The lowest BCUT2D eigenvalue weighted by Gasteiger charge is -2.26. The van der Waals surface area contributed by atoms with Crippen LogP contribution >= 0.6 is 0 Å². The van der Waals surface area contributed by atoms with Gasteiger partial charge in [0.25, 0.3) is 0 Å². The predicted molar refractivity (Wildman–Crippen MR) is 166 cm³/mol. The van der Waals surface area contributed by atoms with E-state index >= 15 is 0 Å². The highest BCUT2D eigenvalue weighted by Gasteiger charge is 2.56. The fraction of sp³-hybridized carbons (Fsp3) is 0.333. The molecule has 5 aromatic heterocycles. The van der Waals surface area contributed by atoms with E-state index in [1.165, 1.54) is 0 Å². The number of fused-ring (bicyclic) bond motifs is 6. The Kier molecular flexibility index (Phi) is 5.05. The molecule has 218 valence electrons. The van der Waals surface area contributed by atoms with E-state index in [9.17, 15) is 10.1 Å². The van der Waals surface area contributed by atoms with E-state index in [0.717, 1.165) is 93.6 Å². The third-order valence-electron chi connectivity index (χ3n) is 10.3. The number of amides is 1. The number of benzene rings is 1. The first kappa shape index (κ1) is 25.4. The minimum Gasteiger partial charge on any atom is -0.339 e. The third-order valence-corrected chi connectivity index (χ3v) is 10.3. The molecular formula is C33H30N10O. The van der Waals surface area contributed by atoms with E-state index in [-0.39, 0.29) is 11.3 Å². The minimum atomic E-state index is -0.694. The summed E-state index contributed by atoms with van der Waals surface area (Å²) >= 11 is 0. The van der Waals surface area contributed by atoms with Crippen LogP contribution in [0.5, 0.6) is 0 Å². The summed E-state index contributed by atoms with van der Waals surface area (Å²) in [5.74, 6) is 0.114. The van der Waals surface area contributed by atoms with Crippen molar-refractivity contribution in [2.24, 2.45) is 12.5 Å². The van der Waals surface area contributed by atoms with Gasteiger partial charge in [-0.25, -0.2) is 14.5 Å². The molecule has 6 aromatic rings. The van der Waals surface area contributed by atoms with Crippen molar-refractivity contribution in [1.29, 1.82) is 5.26 Å². The molecule has 1 N–H and O–H groups in total. The summed E-state index contributed by atoms with van der Waals surface area (Å²) in [6.45, 7) is 2.32. The van der Waals surface area contributed by atoms with Crippen LogP contribution in [-0.4, -0.2) is 71.8 Å². The largest absolute Gasteiger partial charge is 0.339 e. The summed E-state index contributed by atoms with van der Waals surface area (Å²) in [5.41, 5.74) is 7.52. The molecule has 7 heterocycles. The van der Waals surface area contributed by atoms with E-state index in [2.05, 4.69) is 49.3 Å². The van der Waals surface area contributed by atoms with Crippen molar-refractivity contribution in [3.05, 3.63) is 60.8 Å². The highest BCUT2D eigenvalue weighted by Crippen LogP contribution is 2.55. The van der Waals surface area contributed by atoms with E-state index < -0.39 is 5.41 Å². The van der Waals surface area contributed by atoms with Crippen LogP contribution in [0.4, 0.5) is 5.69 Å². The van der Waals surface area contributed by atoms with Gasteiger partial charge in [-0.3, -0.25) is 9.48 Å². The fourth-order valence-corrected chi connectivity index (χ4v) is 7.85. The highest BCUT2D eigenvalue weighted by atomic mass is 16.2. The van der Waals surface area contributed by atoms with Crippen molar-refractivity contribution < 1.29 is 4.79 Å². The molecule has 0 radical (unpaired) electrons. The van der Waals surface area contributed by atoms with Crippen LogP contribution in [0.1, 0.15) is 31.2 Å². The van der Waals surface area contributed by atoms with Crippen molar-refractivity contribution in [3.8, 4) is 28.5 Å². The lowest BCUT2D eigenvalue weighted by atomic mass is 9.78. The summed E-state index contributed by atoms with van der Waals surface area (Å²) < 4.78 is 3.65. The maximum absolute atomic E-state index is 14.3. The van der Waals surface area contributed by atoms with Gasteiger partial charge in [0.1, 0.15) is 5.65 Å². The summed E-state index contributed by atoms with van der Waals surface area (Å²) in [4.78, 5) is 31.7. The molecule has 1 saturated carbocycles. The second-order valence-electron chi connectivity index (χ2n) is 12.8. The number of rotatable bonds is 5. The standard InChI is InChI=1S/C33H30N10O/c1-40-24-17-36-29-26(27(24)33(31(40)44)9-13-42(19-33)18-32(6-7-32)8-10-34)25(20-4-5-23-21(14-20)15-37-41(23)2)28(39-29)22-16-38-43-12-3-11-35-30(22)43/h3-5,11-12,14-17H,6-9,13,18-19H2,1-2H3,(H,36,39). The number of aryl methyl sites for hydroxylation is 1. The Balaban J connectivity index is 1.30. The molecule has 1 aliphatic carbocycles. The molecule has 9 rings (SSSR count). The van der Waals surface area contributed by atoms with Gasteiger partial charge in [-0.05, 0) is 55.0 Å². The lowest BCUT2D eigenvalue weighted by Crippen LogP contribution is -2.41. The third kappa shape index (κ3) is 3.37. The Morgan fingerprint density at radius 3 is 2.82 bits per heavy atom. The lowest BCUT2D eigenvalue weighted by molar-refractivity contribution is -0.122. The van der Waals surface area contributed by atoms with Gasteiger partial charge in [-0.1, -0.05) is 6.07 Å². The molecule has 1 atom stereocenters. The number of carbonyl (C=O) groups is 1. The zero-order chi connectivity index (χ0) is 29.8. The van der Waals surface area contributed by atoms with Crippen molar-refractivity contribution in [2.45, 2.75) is 31.1 Å². The highest BCUT2D eigenvalue weighted by molar-refractivity contribution is 6.17. The quantitative estimate of drug-likeness (QED) is 0.319. The van der Waals surface area contributed by atoms with Gasteiger partial charge in [0.05, 0.1) is 52.5 Å². The Hall–Kier alpha value is -5.08. The molecule has 1 spiro atoms. The molecule has 2 fully saturated rings. The van der Waals surface area contributed by atoms with E-state index in [0.29, 0.717) is 13.0 Å². The number of likely N-dealkylation sites (tertiary alicyclic amines) is 1. The fourth-order valence-electron chi connectivity index (χ4n) is 7.85.